The minimum atomic E-state index is 0.797. The molecule has 0 amide bonds. The number of alkyl halides is 1. The summed E-state index contributed by atoms with van der Waals surface area (Å²) in [4.78, 5) is 2.49. The average molecular weight is 268 g/mol. The first-order valence-corrected chi connectivity index (χ1v) is 7.42. The molecular weight excluding hydrogens is 246 g/mol. The van der Waals surface area contributed by atoms with E-state index in [1.54, 1.807) is 0 Å². The molecule has 0 saturated heterocycles. The minimum Gasteiger partial charge on any atom is -0.492 e. The molecule has 0 N–H and O–H groups in total. The standard InChI is InChI=1S/C15H22ClNO/c16-9-5-1-2-6-10-17-11-12-18-15-8-4-3-7-14(15)13-17/h3-4,7-8H,1-2,5-6,9-13H2. The second kappa shape index (κ2) is 7.65. The van der Waals surface area contributed by atoms with Crippen LogP contribution in [-0.2, 0) is 6.54 Å². The quantitative estimate of drug-likeness (QED) is 0.576. The zero-order valence-electron chi connectivity index (χ0n) is 10.9. The zero-order chi connectivity index (χ0) is 12.6. The normalized spacial score (nSPS) is 15.8. The molecule has 18 heavy (non-hydrogen) atoms. The van der Waals surface area contributed by atoms with Gasteiger partial charge in [-0.05, 0) is 25.5 Å². The fraction of sp³-hybridized carbons (Fsp3) is 0.600. The highest BCUT2D eigenvalue weighted by atomic mass is 35.5. The Bertz CT molecular complexity index is 356. The predicted molar refractivity (Wildman–Crippen MR) is 76.4 cm³/mol. The van der Waals surface area contributed by atoms with Crippen LogP contribution in [0, 0.1) is 0 Å². The van der Waals surface area contributed by atoms with Crippen molar-refractivity contribution >= 4 is 11.6 Å². The molecule has 3 heteroatoms. The highest BCUT2D eigenvalue weighted by Crippen LogP contribution is 2.22. The Hall–Kier alpha value is -0.730. The van der Waals surface area contributed by atoms with Gasteiger partial charge in [-0.3, -0.25) is 4.90 Å². The molecular formula is C15H22ClNO. The van der Waals surface area contributed by atoms with Crippen LogP contribution in [0.25, 0.3) is 0 Å². The lowest BCUT2D eigenvalue weighted by molar-refractivity contribution is 0.222. The molecule has 0 aliphatic carbocycles. The molecule has 0 spiro atoms. The monoisotopic (exact) mass is 267 g/mol. The minimum absolute atomic E-state index is 0.797. The second-order valence-electron chi connectivity index (χ2n) is 4.84. The topological polar surface area (TPSA) is 12.5 Å². The SMILES string of the molecule is ClCCCCCCN1CCOc2ccccc2C1. The van der Waals surface area contributed by atoms with Crippen molar-refractivity contribution in [2.45, 2.75) is 32.2 Å². The molecule has 0 unspecified atom stereocenters. The molecule has 0 saturated carbocycles. The van der Waals surface area contributed by atoms with Gasteiger partial charge in [0, 0.05) is 24.5 Å². The lowest BCUT2D eigenvalue weighted by atomic mass is 10.1. The average Bonchev–Trinajstić information content (AvgIpc) is 2.60. The highest BCUT2D eigenvalue weighted by Gasteiger charge is 2.13. The van der Waals surface area contributed by atoms with E-state index in [-0.39, 0.29) is 0 Å². The Labute approximate surface area is 115 Å². The molecule has 1 aliphatic heterocycles. The fourth-order valence-corrected chi connectivity index (χ4v) is 2.54. The van der Waals surface area contributed by atoms with Crippen molar-refractivity contribution in [2.24, 2.45) is 0 Å². The molecule has 2 nitrogen and oxygen atoms in total. The Morgan fingerprint density at radius 1 is 1.11 bits per heavy atom. The van der Waals surface area contributed by atoms with Gasteiger partial charge < -0.3 is 4.74 Å². The Morgan fingerprint density at radius 2 is 1.94 bits per heavy atom. The van der Waals surface area contributed by atoms with Gasteiger partial charge in [0.25, 0.3) is 0 Å². The molecule has 1 aromatic rings. The first-order chi connectivity index (χ1) is 8.90. The van der Waals surface area contributed by atoms with E-state index in [0.29, 0.717) is 0 Å². The molecule has 0 bridgehead atoms. The van der Waals surface area contributed by atoms with Crippen LogP contribution in [0.3, 0.4) is 0 Å². The number of nitrogens with zero attached hydrogens (tertiary/aromatic N) is 1. The molecule has 1 aliphatic rings. The maximum absolute atomic E-state index is 5.76. The van der Waals surface area contributed by atoms with Gasteiger partial charge in [0.15, 0.2) is 0 Å². The smallest absolute Gasteiger partial charge is 0.123 e. The number of hydrogen-bond donors (Lipinski definition) is 0. The van der Waals surface area contributed by atoms with E-state index in [0.717, 1.165) is 37.7 Å². The van der Waals surface area contributed by atoms with Crippen LogP contribution >= 0.6 is 11.6 Å². The van der Waals surface area contributed by atoms with Crippen molar-refractivity contribution in [1.82, 2.24) is 4.90 Å². The first-order valence-electron chi connectivity index (χ1n) is 6.89. The molecule has 0 radical (unpaired) electrons. The third-order valence-corrected chi connectivity index (χ3v) is 3.66. The van der Waals surface area contributed by atoms with Crippen LogP contribution in [0.5, 0.6) is 5.75 Å². The highest BCUT2D eigenvalue weighted by molar-refractivity contribution is 6.17. The van der Waals surface area contributed by atoms with Crippen LogP contribution < -0.4 is 4.74 Å². The summed E-state index contributed by atoms with van der Waals surface area (Å²) < 4.78 is 5.76. The molecule has 0 aromatic heterocycles. The van der Waals surface area contributed by atoms with Crippen molar-refractivity contribution in [3.05, 3.63) is 29.8 Å². The number of halogens is 1. The van der Waals surface area contributed by atoms with E-state index in [4.69, 9.17) is 16.3 Å². The van der Waals surface area contributed by atoms with Gasteiger partial charge in [0.05, 0.1) is 0 Å². The van der Waals surface area contributed by atoms with Gasteiger partial charge in [-0.1, -0.05) is 31.0 Å². The van der Waals surface area contributed by atoms with Crippen molar-refractivity contribution in [3.8, 4) is 5.75 Å². The molecule has 100 valence electrons. The summed E-state index contributed by atoms with van der Waals surface area (Å²) in [5, 5.41) is 0. The number of unbranched alkanes of at least 4 members (excludes halogenated alkanes) is 3. The summed E-state index contributed by atoms with van der Waals surface area (Å²) in [6, 6.07) is 8.37. The number of hydrogen-bond acceptors (Lipinski definition) is 2. The third-order valence-electron chi connectivity index (χ3n) is 3.39. The van der Waals surface area contributed by atoms with E-state index in [2.05, 4.69) is 23.1 Å². The molecule has 0 fully saturated rings. The van der Waals surface area contributed by atoms with Crippen LogP contribution in [0.15, 0.2) is 24.3 Å². The molecule has 1 aromatic carbocycles. The summed E-state index contributed by atoms with van der Waals surface area (Å²) in [7, 11) is 0. The Kier molecular flexibility index (Phi) is 5.82. The maximum Gasteiger partial charge on any atom is 0.123 e. The van der Waals surface area contributed by atoms with E-state index < -0.39 is 0 Å². The largest absolute Gasteiger partial charge is 0.492 e. The first kappa shape index (κ1) is 13.7. The number of benzene rings is 1. The van der Waals surface area contributed by atoms with Crippen LogP contribution in [-0.4, -0.2) is 30.5 Å². The van der Waals surface area contributed by atoms with E-state index in [9.17, 15) is 0 Å². The number of ether oxygens (including phenoxy) is 1. The Morgan fingerprint density at radius 3 is 2.83 bits per heavy atom. The zero-order valence-corrected chi connectivity index (χ0v) is 11.7. The van der Waals surface area contributed by atoms with Crippen molar-refractivity contribution in [1.29, 1.82) is 0 Å². The van der Waals surface area contributed by atoms with E-state index in [1.165, 1.54) is 31.4 Å². The summed E-state index contributed by atoms with van der Waals surface area (Å²) in [6.45, 7) is 4.02. The second-order valence-corrected chi connectivity index (χ2v) is 5.21. The van der Waals surface area contributed by atoms with Crippen LogP contribution in [0.2, 0.25) is 0 Å². The lowest BCUT2D eigenvalue weighted by Gasteiger charge is -2.18. The van der Waals surface area contributed by atoms with Gasteiger partial charge >= 0.3 is 0 Å². The van der Waals surface area contributed by atoms with E-state index in [1.807, 2.05) is 6.07 Å². The number of para-hydroxylation sites is 1. The van der Waals surface area contributed by atoms with Crippen molar-refractivity contribution < 1.29 is 4.74 Å². The van der Waals surface area contributed by atoms with Gasteiger partial charge in [-0.2, -0.15) is 0 Å². The predicted octanol–water partition coefficient (Wildman–Crippen LogP) is 3.68. The summed E-state index contributed by atoms with van der Waals surface area (Å²) in [5.74, 6) is 1.85. The summed E-state index contributed by atoms with van der Waals surface area (Å²) in [6.07, 6.45) is 4.95. The Balaban J connectivity index is 1.77. The van der Waals surface area contributed by atoms with Gasteiger partial charge in [0.1, 0.15) is 12.4 Å². The summed E-state index contributed by atoms with van der Waals surface area (Å²) in [5.41, 5.74) is 1.32. The summed E-state index contributed by atoms with van der Waals surface area (Å²) >= 11 is 5.68. The molecule has 2 rings (SSSR count). The van der Waals surface area contributed by atoms with Gasteiger partial charge in [-0.25, -0.2) is 0 Å². The van der Waals surface area contributed by atoms with Crippen molar-refractivity contribution in [2.75, 3.05) is 25.6 Å². The van der Waals surface area contributed by atoms with E-state index >= 15 is 0 Å². The lowest BCUT2D eigenvalue weighted by Crippen LogP contribution is -2.26. The maximum atomic E-state index is 5.76. The number of rotatable bonds is 6. The van der Waals surface area contributed by atoms with Crippen molar-refractivity contribution in [3.63, 3.8) is 0 Å². The van der Waals surface area contributed by atoms with Crippen LogP contribution in [0.4, 0.5) is 0 Å². The number of fused-ring (bicyclic) bond motifs is 1. The van der Waals surface area contributed by atoms with Gasteiger partial charge in [-0.15, -0.1) is 11.6 Å². The van der Waals surface area contributed by atoms with Gasteiger partial charge in [0.2, 0.25) is 0 Å². The fourth-order valence-electron chi connectivity index (χ4n) is 2.35. The molecule has 1 heterocycles. The van der Waals surface area contributed by atoms with Crippen LogP contribution in [0.1, 0.15) is 31.2 Å². The molecule has 0 atom stereocenters. The third kappa shape index (κ3) is 4.18.